The van der Waals surface area contributed by atoms with Crippen molar-refractivity contribution in [3.8, 4) is 0 Å². The molecule has 0 saturated carbocycles. The maximum absolute atomic E-state index is 4.67. The number of rotatable bonds is 6. The Hall–Kier alpha value is -3.97. The van der Waals surface area contributed by atoms with E-state index in [4.69, 9.17) is 0 Å². The molecule has 6 rings (SSSR count). The average molecular weight is 480 g/mol. The number of fused-ring (bicyclic) bond motifs is 9. The molecule has 0 atom stereocenters. The van der Waals surface area contributed by atoms with Crippen molar-refractivity contribution in [2.24, 2.45) is 0 Å². The first kappa shape index (κ1) is 23.4. The van der Waals surface area contributed by atoms with E-state index in [-0.39, 0.29) is 0 Å². The third kappa shape index (κ3) is 4.00. The van der Waals surface area contributed by atoms with Gasteiger partial charge in [-0.15, -0.1) is 0 Å². The van der Waals surface area contributed by atoms with E-state index in [1.54, 1.807) is 0 Å². The van der Waals surface area contributed by atoms with Gasteiger partial charge in [0.25, 0.3) is 0 Å². The van der Waals surface area contributed by atoms with Gasteiger partial charge in [0.05, 0.1) is 5.52 Å². The van der Waals surface area contributed by atoms with Gasteiger partial charge >= 0.3 is 0 Å². The number of allylic oxidation sites excluding steroid dienone is 2. The summed E-state index contributed by atoms with van der Waals surface area (Å²) in [6.07, 6.45) is 15.7. The predicted molar refractivity (Wildman–Crippen MR) is 164 cm³/mol. The molecular weight excluding hydrogens is 446 g/mol. The lowest BCUT2D eigenvalue weighted by Crippen LogP contribution is -1.91. The highest BCUT2D eigenvalue weighted by Crippen LogP contribution is 2.41. The van der Waals surface area contributed by atoms with Crippen LogP contribution in [-0.2, 0) is 0 Å². The molecule has 0 N–H and O–H groups in total. The topological polar surface area (TPSA) is 12.9 Å². The molecule has 5 aromatic carbocycles. The van der Waals surface area contributed by atoms with Gasteiger partial charge in [-0.1, -0.05) is 93.5 Å². The van der Waals surface area contributed by atoms with Gasteiger partial charge in [-0.3, -0.25) is 4.98 Å². The molecule has 0 unspecified atom stereocenters. The Bertz CT molecular complexity index is 1850. The number of unbranched alkanes of at least 4 members (excludes halogenated alkanes) is 2. The third-order valence-corrected chi connectivity index (χ3v) is 7.62. The van der Waals surface area contributed by atoms with Crippen LogP contribution in [0.15, 0.2) is 85.1 Å². The number of pyridine rings is 1. The molecule has 182 valence electrons. The number of hydrogen-bond acceptors (Lipinski definition) is 1. The van der Waals surface area contributed by atoms with Crippen molar-refractivity contribution < 1.29 is 0 Å². The standard InChI is InChI=1S/C36H33N/c1-4-6-8-13-25-22-33-30-19-20-34-31(16-11-21-37-34)36(30)26(14-9-7-5-2)23-32(33)29-18-17-27-24(3)12-10-15-28(27)35(25)29/h8-23H,4-7H2,1-3H3/b13-8+,14-9+. The Kier molecular flexibility index (Phi) is 6.22. The molecule has 0 aliphatic rings. The molecule has 37 heavy (non-hydrogen) atoms. The van der Waals surface area contributed by atoms with Crippen LogP contribution in [0.4, 0.5) is 0 Å². The quantitative estimate of drug-likeness (QED) is 0.216. The van der Waals surface area contributed by atoms with Gasteiger partial charge in [0.1, 0.15) is 0 Å². The highest BCUT2D eigenvalue weighted by molar-refractivity contribution is 6.28. The maximum atomic E-state index is 4.67. The van der Waals surface area contributed by atoms with E-state index in [9.17, 15) is 0 Å². The lowest BCUT2D eigenvalue weighted by molar-refractivity contribution is 0.962. The largest absolute Gasteiger partial charge is 0.256 e. The van der Waals surface area contributed by atoms with E-state index in [0.29, 0.717) is 0 Å². The van der Waals surface area contributed by atoms with Crippen molar-refractivity contribution in [2.75, 3.05) is 0 Å². The van der Waals surface area contributed by atoms with Crippen LogP contribution in [0.5, 0.6) is 0 Å². The Morgan fingerprint density at radius 1 is 0.595 bits per heavy atom. The highest BCUT2D eigenvalue weighted by atomic mass is 14.6. The zero-order valence-corrected chi connectivity index (χ0v) is 22.0. The monoisotopic (exact) mass is 479 g/mol. The van der Waals surface area contributed by atoms with Gasteiger partial charge < -0.3 is 0 Å². The summed E-state index contributed by atoms with van der Waals surface area (Å²) in [4.78, 5) is 4.67. The van der Waals surface area contributed by atoms with Crippen molar-refractivity contribution in [2.45, 2.75) is 46.5 Å². The molecule has 6 aromatic rings. The molecule has 1 aromatic heterocycles. The lowest BCUT2D eigenvalue weighted by atomic mass is 9.87. The van der Waals surface area contributed by atoms with Crippen LogP contribution in [0, 0.1) is 6.92 Å². The van der Waals surface area contributed by atoms with Crippen LogP contribution >= 0.6 is 0 Å². The molecule has 0 spiro atoms. The Morgan fingerprint density at radius 2 is 1.16 bits per heavy atom. The van der Waals surface area contributed by atoms with Crippen molar-refractivity contribution in [3.63, 3.8) is 0 Å². The Balaban J connectivity index is 1.82. The van der Waals surface area contributed by atoms with Gasteiger partial charge in [0.15, 0.2) is 0 Å². The zero-order valence-electron chi connectivity index (χ0n) is 22.0. The molecular formula is C36H33N. The summed E-state index contributed by atoms with van der Waals surface area (Å²) in [5.74, 6) is 0. The molecule has 0 bridgehead atoms. The van der Waals surface area contributed by atoms with Crippen molar-refractivity contribution in [1.82, 2.24) is 4.98 Å². The minimum atomic E-state index is 1.05. The summed E-state index contributed by atoms with van der Waals surface area (Å²) in [5.41, 5.74) is 4.94. The second-order valence-electron chi connectivity index (χ2n) is 10.1. The second-order valence-corrected chi connectivity index (χ2v) is 10.1. The predicted octanol–water partition coefficient (Wildman–Crippen LogP) is 10.8. The van der Waals surface area contributed by atoms with Crippen LogP contribution in [0.1, 0.15) is 56.2 Å². The first-order chi connectivity index (χ1) is 18.2. The maximum Gasteiger partial charge on any atom is 0.0708 e. The fraction of sp³-hybridized carbons (Fsp3) is 0.194. The Morgan fingerprint density at radius 3 is 1.84 bits per heavy atom. The van der Waals surface area contributed by atoms with E-state index < -0.39 is 0 Å². The first-order valence-corrected chi connectivity index (χ1v) is 13.6. The van der Waals surface area contributed by atoms with Crippen molar-refractivity contribution in [3.05, 3.63) is 102 Å². The summed E-state index contributed by atoms with van der Waals surface area (Å²) >= 11 is 0. The summed E-state index contributed by atoms with van der Waals surface area (Å²) in [5, 5.41) is 11.8. The van der Waals surface area contributed by atoms with E-state index in [2.05, 4.69) is 117 Å². The van der Waals surface area contributed by atoms with Gasteiger partial charge in [0.2, 0.25) is 0 Å². The van der Waals surface area contributed by atoms with Gasteiger partial charge in [0, 0.05) is 11.6 Å². The third-order valence-electron chi connectivity index (χ3n) is 7.62. The second kappa shape index (κ2) is 9.82. The highest BCUT2D eigenvalue weighted by Gasteiger charge is 2.15. The molecule has 1 nitrogen and oxygen atoms in total. The lowest BCUT2D eigenvalue weighted by Gasteiger charge is -2.16. The van der Waals surface area contributed by atoms with Crippen molar-refractivity contribution >= 4 is 66.1 Å². The smallest absolute Gasteiger partial charge is 0.0708 e. The van der Waals surface area contributed by atoms with Gasteiger partial charge in [-0.05, 0) is 104 Å². The first-order valence-electron chi connectivity index (χ1n) is 13.6. The molecule has 0 saturated heterocycles. The minimum absolute atomic E-state index is 1.05. The SMILES string of the molecule is CCC/C=C/c1cc2c(cc(/C=C/CCC)c3c4cccc(C)c4ccc23)c2ccc3ncccc3c12. The molecule has 0 aliphatic carbocycles. The molecule has 0 radical (unpaired) electrons. The molecule has 1 heterocycles. The van der Waals surface area contributed by atoms with Crippen LogP contribution in [-0.4, -0.2) is 4.98 Å². The number of benzene rings is 5. The van der Waals surface area contributed by atoms with E-state index >= 15 is 0 Å². The molecule has 1 heteroatoms. The summed E-state index contributed by atoms with van der Waals surface area (Å²) in [7, 11) is 0. The summed E-state index contributed by atoms with van der Waals surface area (Å²) < 4.78 is 0. The van der Waals surface area contributed by atoms with Crippen molar-refractivity contribution in [1.29, 1.82) is 0 Å². The fourth-order valence-electron chi connectivity index (χ4n) is 5.81. The van der Waals surface area contributed by atoms with Crippen LogP contribution in [0.3, 0.4) is 0 Å². The molecule has 0 fully saturated rings. The van der Waals surface area contributed by atoms with Crippen LogP contribution in [0.25, 0.3) is 66.1 Å². The molecule has 0 amide bonds. The summed E-state index contributed by atoms with van der Waals surface area (Å²) in [6, 6.07) is 24.9. The Labute approximate surface area is 219 Å². The fourth-order valence-corrected chi connectivity index (χ4v) is 5.81. The number of aryl methyl sites for hydroxylation is 1. The van der Waals surface area contributed by atoms with Crippen LogP contribution in [0.2, 0.25) is 0 Å². The van der Waals surface area contributed by atoms with E-state index in [1.807, 2.05) is 6.20 Å². The molecule has 0 aliphatic heterocycles. The number of hydrogen-bond donors (Lipinski definition) is 0. The van der Waals surface area contributed by atoms with Gasteiger partial charge in [-0.2, -0.15) is 0 Å². The normalized spacial score (nSPS) is 12.4. The van der Waals surface area contributed by atoms with Gasteiger partial charge in [-0.25, -0.2) is 0 Å². The number of nitrogens with zero attached hydrogens (tertiary/aromatic N) is 1. The van der Waals surface area contributed by atoms with E-state index in [0.717, 1.165) is 31.2 Å². The van der Waals surface area contributed by atoms with Crippen LogP contribution < -0.4 is 0 Å². The van der Waals surface area contributed by atoms with E-state index in [1.165, 1.54) is 65.2 Å². The minimum Gasteiger partial charge on any atom is -0.256 e. The summed E-state index contributed by atoms with van der Waals surface area (Å²) in [6.45, 7) is 6.68. The number of aromatic nitrogens is 1. The zero-order chi connectivity index (χ0) is 25.4. The average Bonchev–Trinajstić information content (AvgIpc) is 2.93.